The standard InChI is InChI=1S/C16H23N7O/c1-3-4-6-18-14-11-9-23(7-5-12(11)19-16(17)20-14)15(24)13-8-10(2)21-22-13/h8H,3-7,9H2,1-2H3,(H,21,22)(H3,17,18,19,20). The molecule has 0 saturated heterocycles. The third kappa shape index (κ3) is 3.32. The van der Waals surface area contributed by atoms with Gasteiger partial charge in [-0.15, -0.1) is 0 Å². The van der Waals surface area contributed by atoms with E-state index in [0.29, 0.717) is 25.2 Å². The van der Waals surface area contributed by atoms with E-state index in [4.69, 9.17) is 5.73 Å². The molecule has 0 bridgehead atoms. The molecule has 0 spiro atoms. The minimum atomic E-state index is -0.0821. The Morgan fingerprint density at radius 2 is 2.29 bits per heavy atom. The fourth-order valence-electron chi connectivity index (χ4n) is 2.83. The van der Waals surface area contributed by atoms with Crippen LogP contribution in [0.4, 0.5) is 11.8 Å². The first-order valence-electron chi connectivity index (χ1n) is 8.29. The molecule has 2 aromatic rings. The Kier molecular flexibility index (Phi) is 4.64. The monoisotopic (exact) mass is 329 g/mol. The molecule has 3 rings (SSSR count). The number of anilines is 2. The number of carbonyl (C=O) groups is 1. The molecule has 4 N–H and O–H groups in total. The number of nitrogens with two attached hydrogens (primary N) is 1. The van der Waals surface area contributed by atoms with E-state index in [0.717, 1.165) is 42.2 Å². The van der Waals surface area contributed by atoms with E-state index in [-0.39, 0.29) is 11.9 Å². The molecule has 0 atom stereocenters. The highest BCUT2D eigenvalue weighted by Crippen LogP contribution is 2.25. The van der Waals surface area contributed by atoms with Crippen LogP contribution in [0.1, 0.15) is 47.2 Å². The van der Waals surface area contributed by atoms with E-state index in [9.17, 15) is 4.79 Å². The third-order valence-electron chi connectivity index (χ3n) is 4.11. The summed E-state index contributed by atoms with van der Waals surface area (Å²) in [6, 6.07) is 1.76. The Balaban J connectivity index is 1.82. The van der Waals surface area contributed by atoms with Gasteiger partial charge >= 0.3 is 0 Å². The maximum absolute atomic E-state index is 12.6. The largest absolute Gasteiger partial charge is 0.370 e. The lowest BCUT2D eigenvalue weighted by Crippen LogP contribution is -2.37. The van der Waals surface area contributed by atoms with Crippen LogP contribution in [0, 0.1) is 6.92 Å². The summed E-state index contributed by atoms with van der Waals surface area (Å²) in [4.78, 5) is 23.1. The first-order valence-corrected chi connectivity index (χ1v) is 8.29. The van der Waals surface area contributed by atoms with E-state index < -0.39 is 0 Å². The topological polar surface area (TPSA) is 113 Å². The second kappa shape index (κ2) is 6.86. The Morgan fingerprint density at radius 1 is 1.46 bits per heavy atom. The zero-order valence-corrected chi connectivity index (χ0v) is 14.1. The number of unbranched alkanes of at least 4 members (excludes halogenated alkanes) is 1. The molecule has 128 valence electrons. The van der Waals surface area contributed by atoms with Gasteiger partial charge in [-0.1, -0.05) is 13.3 Å². The second-order valence-electron chi connectivity index (χ2n) is 6.05. The molecule has 3 heterocycles. The predicted molar refractivity (Wildman–Crippen MR) is 91.6 cm³/mol. The molecule has 0 aromatic carbocycles. The van der Waals surface area contributed by atoms with Gasteiger partial charge in [0.25, 0.3) is 5.91 Å². The van der Waals surface area contributed by atoms with Gasteiger partial charge in [-0.2, -0.15) is 10.1 Å². The fourth-order valence-corrected chi connectivity index (χ4v) is 2.83. The van der Waals surface area contributed by atoms with Crippen LogP contribution in [-0.4, -0.2) is 44.1 Å². The molecule has 24 heavy (non-hydrogen) atoms. The molecule has 0 radical (unpaired) electrons. The highest BCUT2D eigenvalue weighted by Gasteiger charge is 2.27. The Hall–Kier alpha value is -2.64. The van der Waals surface area contributed by atoms with E-state index >= 15 is 0 Å². The summed E-state index contributed by atoms with van der Waals surface area (Å²) >= 11 is 0. The first kappa shape index (κ1) is 16.2. The second-order valence-corrected chi connectivity index (χ2v) is 6.05. The molecule has 0 fully saturated rings. The minimum absolute atomic E-state index is 0.0821. The van der Waals surface area contributed by atoms with Crippen molar-refractivity contribution in [2.45, 2.75) is 39.7 Å². The van der Waals surface area contributed by atoms with E-state index in [2.05, 4.69) is 32.4 Å². The van der Waals surface area contributed by atoms with Crippen LogP contribution in [0.5, 0.6) is 0 Å². The number of hydrogen-bond donors (Lipinski definition) is 3. The number of nitrogens with zero attached hydrogens (tertiary/aromatic N) is 4. The number of H-pyrrole nitrogens is 1. The average molecular weight is 329 g/mol. The maximum Gasteiger partial charge on any atom is 0.274 e. The number of rotatable bonds is 5. The van der Waals surface area contributed by atoms with Crippen LogP contribution in [-0.2, 0) is 13.0 Å². The number of aryl methyl sites for hydroxylation is 1. The van der Waals surface area contributed by atoms with Gasteiger partial charge in [-0.05, 0) is 19.4 Å². The average Bonchev–Trinajstić information content (AvgIpc) is 3.00. The third-order valence-corrected chi connectivity index (χ3v) is 4.11. The van der Waals surface area contributed by atoms with E-state index in [1.807, 2.05) is 6.92 Å². The van der Waals surface area contributed by atoms with Crippen molar-refractivity contribution in [3.05, 3.63) is 28.7 Å². The maximum atomic E-state index is 12.6. The Bertz CT molecular complexity index is 740. The molecule has 8 nitrogen and oxygen atoms in total. The van der Waals surface area contributed by atoms with Gasteiger partial charge in [0.2, 0.25) is 5.95 Å². The van der Waals surface area contributed by atoms with Crippen molar-refractivity contribution in [2.75, 3.05) is 24.1 Å². The lowest BCUT2D eigenvalue weighted by Gasteiger charge is -2.29. The highest BCUT2D eigenvalue weighted by molar-refractivity contribution is 5.92. The van der Waals surface area contributed by atoms with Crippen molar-refractivity contribution >= 4 is 17.7 Å². The van der Waals surface area contributed by atoms with Gasteiger partial charge in [-0.25, -0.2) is 4.98 Å². The molecule has 8 heteroatoms. The number of nitrogens with one attached hydrogen (secondary N) is 2. The fraction of sp³-hybridized carbons (Fsp3) is 0.500. The zero-order chi connectivity index (χ0) is 17.1. The Morgan fingerprint density at radius 3 is 3.00 bits per heavy atom. The molecule has 0 unspecified atom stereocenters. The predicted octanol–water partition coefficient (Wildman–Crippen LogP) is 1.50. The lowest BCUT2D eigenvalue weighted by molar-refractivity contribution is 0.0728. The van der Waals surface area contributed by atoms with Crippen LogP contribution >= 0.6 is 0 Å². The number of aromatic amines is 1. The van der Waals surface area contributed by atoms with Gasteiger partial charge in [0.15, 0.2) is 0 Å². The molecule has 1 aliphatic heterocycles. The first-order chi connectivity index (χ1) is 11.6. The van der Waals surface area contributed by atoms with Crippen LogP contribution in [0.3, 0.4) is 0 Å². The van der Waals surface area contributed by atoms with Crippen LogP contribution < -0.4 is 11.1 Å². The SMILES string of the molecule is CCCCNc1nc(N)nc2c1CN(C(=O)c1cc(C)[nH]n1)CC2. The molecule has 0 saturated carbocycles. The molecule has 1 aliphatic rings. The van der Waals surface area contributed by atoms with Gasteiger partial charge in [0, 0.05) is 30.8 Å². The van der Waals surface area contributed by atoms with Crippen molar-refractivity contribution in [3.63, 3.8) is 0 Å². The number of aromatic nitrogens is 4. The normalized spacial score (nSPS) is 13.7. The summed E-state index contributed by atoms with van der Waals surface area (Å²) < 4.78 is 0. The summed E-state index contributed by atoms with van der Waals surface area (Å²) in [7, 11) is 0. The van der Waals surface area contributed by atoms with Crippen LogP contribution in [0.2, 0.25) is 0 Å². The Labute approximate surface area is 140 Å². The number of carbonyl (C=O) groups excluding carboxylic acids is 1. The van der Waals surface area contributed by atoms with Crippen LogP contribution in [0.15, 0.2) is 6.07 Å². The molecule has 0 aliphatic carbocycles. The highest BCUT2D eigenvalue weighted by atomic mass is 16.2. The molecular weight excluding hydrogens is 306 g/mol. The van der Waals surface area contributed by atoms with Gasteiger partial charge in [-0.3, -0.25) is 9.89 Å². The molecule has 2 aromatic heterocycles. The van der Waals surface area contributed by atoms with Crippen molar-refractivity contribution in [1.82, 2.24) is 25.1 Å². The number of hydrogen-bond acceptors (Lipinski definition) is 6. The summed E-state index contributed by atoms with van der Waals surface area (Å²) in [5, 5.41) is 10.2. The quantitative estimate of drug-likeness (QED) is 0.717. The van der Waals surface area contributed by atoms with Gasteiger partial charge < -0.3 is 16.0 Å². The number of nitrogen functional groups attached to an aromatic ring is 1. The summed E-state index contributed by atoms with van der Waals surface area (Å²) in [6.07, 6.45) is 2.81. The number of fused-ring (bicyclic) bond motifs is 1. The number of amides is 1. The lowest BCUT2D eigenvalue weighted by atomic mass is 10.1. The van der Waals surface area contributed by atoms with Crippen molar-refractivity contribution < 1.29 is 4.79 Å². The van der Waals surface area contributed by atoms with Crippen LogP contribution in [0.25, 0.3) is 0 Å². The summed E-state index contributed by atoms with van der Waals surface area (Å²) in [5.41, 5.74) is 9.00. The van der Waals surface area contributed by atoms with Crippen molar-refractivity contribution in [3.8, 4) is 0 Å². The van der Waals surface area contributed by atoms with Crippen molar-refractivity contribution in [1.29, 1.82) is 0 Å². The molecular formula is C16H23N7O. The smallest absolute Gasteiger partial charge is 0.274 e. The van der Waals surface area contributed by atoms with Crippen molar-refractivity contribution in [2.24, 2.45) is 0 Å². The van der Waals surface area contributed by atoms with E-state index in [1.54, 1.807) is 11.0 Å². The van der Waals surface area contributed by atoms with E-state index in [1.165, 1.54) is 0 Å². The summed E-state index contributed by atoms with van der Waals surface area (Å²) in [5.74, 6) is 0.929. The summed E-state index contributed by atoms with van der Waals surface area (Å²) in [6.45, 7) is 5.91. The minimum Gasteiger partial charge on any atom is -0.370 e. The van der Waals surface area contributed by atoms with Gasteiger partial charge in [0.05, 0.1) is 12.2 Å². The molecule has 1 amide bonds. The van der Waals surface area contributed by atoms with Gasteiger partial charge in [0.1, 0.15) is 11.5 Å². The zero-order valence-electron chi connectivity index (χ0n) is 14.1.